The number of anilines is 1. The molecule has 2 aromatic carbocycles. The number of hydrogen-bond acceptors (Lipinski definition) is 5. The topological polar surface area (TPSA) is 57.9 Å². The Morgan fingerprint density at radius 3 is 2.79 bits per heavy atom. The average Bonchev–Trinajstić information content (AvgIpc) is 3.13. The van der Waals surface area contributed by atoms with Gasteiger partial charge in [-0.2, -0.15) is 5.26 Å². The molecule has 0 fully saturated rings. The smallest absolute Gasteiger partial charge is 0.136 e. The number of nitrogens with one attached hydrogen (secondary N) is 1. The van der Waals surface area contributed by atoms with Crippen molar-refractivity contribution in [3.05, 3.63) is 71.2 Å². The lowest BCUT2D eigenvalue weighted by molar-refractivity contribution is 0.415. The Hall–Kier alpha value is -3.10. The molecule has 0 spiro atoms. The van der Waals surface area contributed by atoms with Crippen LogP contribution in [0.15, 0.2) is 66.2 Å². The average molecular weight is 333 g/mol. The molecule has 3 rings (SSSR count). The number of aromatic nitrogens is 1. The van der Waals surface area contributed by atoms with Crippen LogP contribution < -0.4 is 10.1 Å². The molecule has 0 aliphatic carbocycles. The van der Waals surface area contributed by atoms with E-state index in [1.807, 2.05) is 60.0 Å². The maximum atomic E-state index is 9.42. The van der Waals surface area contributed by atoms with Crippen molar-refractivity contribution in [1.82, 2.24) is 4.98 Å². The van der Waals surface area contributed by atoms with Crippen LogP contribution in [0.3, 0.4) is 0 Å². The predicted octanol–water partition coefficient (Wildman–Crippen LogP) is 4.80. The molecule has 0 amide bonds. The minimum absolute atomic E-state index is 0.491. The standard InChI is InChI=1S/C19H15N3OS/c1-23-17-9-5-8-16(10-17)21-12-15(11-20)19-22-18(13-24-19)14-6-3-2-4-7-14/h2-10,12-13,21H,1H3/b15-12+. The lowest BCUT2D eigenvalue weighted by Crippen LogP contribution is -1.92. The molecule has 3 aromatic rings. The summed E-state index contributed by atoms with van der Waals surface area (Å²) in [6.45, 7) is 0. The molecule has 0 saturated carbocycles. The van der Waals surface area contributed by atoms with Gasteiger partial charge >= 0.3 is 0 Å². The third kappa shape index (κ3) is 3.62. The van der Waals surface area contributed by atoms with Crippen LogP contribution in [0.5, 0.6) is 5.75 Å². The van der Waals surface area contributed by atoms with Crippen molar-refractivity contribution in [3.8, 4) is 23.1 Å². The number of ether oxygens (including phenoxy) is 1. The van der Waals surface area contributed by atoms with E-state index in [-0.39, 0.29) is 0 Å². The van der Waals surface area contributed by atoms with Gasteiger partial charge in [-0.25, -0.2) is 4.98 Å². The molecular weight excluding hydrogens is 318 g/mol. The molecule has 1 aromatic heterocycles. The van der Waals surface area contributed by atoms with Crippen LogP contribution >= 0.6 is 11.3 Å². The molecule has 5 heteroatoms. The van der Waals surface area contributed by atoms with E-state index in [1.165, 1.54) is 11.3 Å². The molecule has 24 heavy (non-hydrogen) atoms. The predicted molar refractivity (Wildman–Crippen MR) is 97.8 cm³/mol. The summed E-state index contributed by atoms with van der Waals surface area (Å²) in [7, 11) is 1.62. The first-order valence-corrected chi connectivity index (χ1v) is 8.20. The first-order valence-electron chi connectivity index (χ1n) is 7.32. The fourth-order valence-corrected chi connectivity index (χ4v) is 2.94. The Morgan fingerprint density at radius 1 is 1.21 bits per heavy atom. The summed E-state index contributed by atoms with van der Waals surface area (Å²) in [6, 6.07) is 19.6. The zero-order valence-corrected chi connectivity index (χ0v) is 13.9. The van der Waals surface area contributed by atoms with E-state index in [0.717, 1.165) is 22.7 Å². The van der Waals surface area contributed by atoms with Crippen LogP contribution in [-0.4, -0.2) is 12.1 Å². The molecule has 1 N–H and O–H groups in total. The molecule has 0 aliphatic heterocycles. The second kappa shape index (κ2) is 7.44. The lowest BCUT2D eigenvalue weighted by Gasteiger charge is -2.04. The molecular formula is C19H15N3OS. The van der Waals surface area contributed by atoms with Crippen LogP contribution in [0, 0.1) is 11.3 Å². The van der Waals surface area contributed by atoms with Gasteiger partial charge in [-0.1, -0.05) is 36.4 Å². The fourth-order valence-electron chi connectivity index (χ4n) is 2.15. The number of thiazole rings is 1. The highest BCUT2D eigenvalue weighted by molar-refractivity contribution is 7.11. The second-order valence-electron chi connectivity index (χ2n) is 4.95. The third-order valence-corrected chi connectivity index (χ3v) is 4.25. The normalized spacial score (nSPS) is 10.9. The Kier molecular flexibility index (Phi) is 4.90. The minimum Gasteiger partial charge on any atom is -0.497 e. The van der Waals surface area contributed by atoms with Gasteiger partial charge in [-0.05, 0) is 12.1 Å². The van der Waals surface area contributed by atoms with Gasteiger partial charge in [0.2, 0.25) is 0 Å². The van der Waals surface area contributed by atoms with Crippen molar-refractivity contribution in [1.29, 1.82) is 5.26 Å². The fraction of sp³-hybridized carbons (Fsp3) is 0.0526. The largest absolute Gasteiger partial charge is 0.497 e. The van der Waals surface area contributed by atoms with Crippen molar-refractivity contribution in [3.63, 3.8) is 0 Å². The monoisotopic (exact) mass is 333 g/mol. The Balaban J connectivity index is 1.81. The number of benzene rings is 2. The molecule has 1 heterocycles. The summed E-state index contributed by atoms with van der Waals surface area (Å²) >= 11 is 1.45. The van der Waals surface area contributed by atoms with Crippen molar-refractivity contribution in [2.24, 2.45) is 0 Å². The number of rotatable bonds is 5. The third-order valence-electron chi connectivity index (χ3n) is 3.38. The zero-order valence-electron chi connectivity index (χ0n) is 13.1. The molecule has 0 bridgehead atoms. The van der Waals surface area contributed by atoms with Crippen LogP contribution in [0.25, 0.3) is 16.8 Å². The van der Waals surface area contributed by atoms with E-state index in [2.05, 4.69) is 16.4 Å². The maximum absolute atomic E-state index is 9.42. The molecule has 0 saturated heterocycles. The SMILES string of the molecule is COc1cccc(N/C=C(\C#N)c2nc(-c3ccccc3)cs2)c1. The van der Waals surface area contributed by atoms with Crippen LogP contribution in [0.4, 0.5) is 5.69 Å². The number of allylic oxidation sites excluding steroid dienone is 1. The summed E-state index contributed by atoms with van der Waals surface area (Å²) in [5, 5.41) is 15.2. The van der Waals surface area contributed by atoms with Crippen LogP contribution in [0.2, 0.25) is 0 Å². The second-order valence-corrected chi connectivity index (χ2v) is 5.81. The van der Waals surface area contributed by atoms with Gasteiger partial charge in [-0.15, -0.1) is 11.3 Å². The van der Waals surface area contributed by atoms with Gasteiger partial charge in [0.25, 0.3) is 0 Å². The lowest BCUT2D eigenvalue weighted by atomic mass is 10.2. The molecule has 4 nitrogen and oxygen atoms in total. The highest BCUT2D eigenvalue weighted by Gasteiger charge is 2.08. The first kappa shape index (κ1) is 15.8. The number of methoxy groups -OCH3 is 1. The van der Waals surface area contributed by atoms with Crippen molar-refractivity contribution >= 4 is 22.6 Å². The van der Waals surface area contributed by atoms with E-state index < -0.39 is 0 Å². The Morgan fingerprint density at radius 2 is 2.04 bits per heavy atom. The molecule has 0 radical (unpaired) electrons. The van der Waals surface area contributed by atoms with Gasteiger partial charge < -0.3 is 10.1 Å². The van der Waals surface area contributed by atoms with Gasteiger partial charge in [-0.3, -0.25) is 0 Å². The summed E-state index contributed by atoms with van der Waals surface area (Å²) in [6.07, 6.45) is 1.67. The van der Waals surface area contributed by atoms with Gasteiger partial charge in [0.1, 0.15) is 22.4 Å². The van der Waals surface area contributed by atoms with E-state index in [0.29, 0.717) is 10.6 Å². The summed E-state index contributed by atoms with van der Waals surface area (Å²) < 4.78 is 5.19. The number of nitriles is 1. The van der Waals surface area contributed by atoms with Crippen LogP contribution in [0.1, 0.15) is 5.01 Å². The van der Waals surface area contributed by atoms with E-state index in [1.54, 1.807) is 13.3 Å². The summed E-state index contributed by atoms with van der Waals surface area (Å²) in [5.41, 5.74) is 3.25. The Bertz CT molecular complexity index is 894. The van der Waals surface area contributed by atoms with Crippen molar-refractivity contribution < 1.29 is 4.74 Å². The summed E-state index contributed by atoms with van der Waals surface area (Å²) in [4.78, 5) is 4.56. The van der Waals surface area contributed by atoms with E-state index in [9.17, 15) is 5.26 Å². The maximum Gasteiger partial charge on any atom is 0.136 e. The number of nitrogens with zero attached hydrogens (tertiary/aromatic N) is 2. The van der Waals surface area contributed by atoms with Gasteiger partial charge in [0.15, 0.2) is 0 Å². The highest BCUT2D eigenvalue weighted by atomic mass is 32.1. The molecule has 0 aliphatic rings. The van der Waals surface area contributed by atoms with E-state index >= 15 is 0 Å². The van der Waals surface area contributed by atoms with E-state index in [4.69, 9.17) is 4.74 Å². The van der Waals surface area contributed by atoms with Gasteiger partial charge in [0, 0.05) is 28.9 Å². The molecule has 118 valence electrons. The van der Waals surface area contributed by atoms with Crippen LogP contribution in [-0.2, 0) is 0 Å². The molecule has 0 atom stereocenters. The summed E-state index contributed by atoms with van der Waals surface area (Å²) in [5.74, 6) is 0.757. The van der Waals surface area contributed by atoms with Crippen molar-refractivity contribution in [2.45, 2.75) is 0 Å². The highest BCUT2D eigenvalue weighted by Crippen LogP contribution is 2.26. The quantitative estimate of drug-likeness (QED) is 0.682. The minimum atomic E-state index is 0.491. The Labute approximate surface area is 144 Å². The van der Waals surface area contributed by atoms with Gasteiger partial charge in [0.05, 0.1) is 12.8 Å². The number of hydrogen-bond donors (Lipinski definition) is 1. The van der Waals surface area contributed by atoms with Crippen molar-refractivity contribution in [2.75, 3.05) is 12.4 Å². The molecule has 0 unspecified atom stereocenters. The zero-order chi connectivity index (χ0) is 16.8. The first-order chi connectivity index (χ1) is 11.8.